The number of aromatic carboxylic acids is 1. The molecule has 5 nitrogen and oxygen atoms in total. The summed E-state index contributed by atoms with van der Waals surface area (Å²) in [6, 6.07) is 2.60. The van der Waals surface area contributed by atoms with Gasteiger partial charge in [0, 0.05) is 11.0 Å². The molecule has 2 N–H and O–H groups in total. The lowest BCUT2D eigenvalue weighted by molar-refractivity contribution is 0.0695. The molecule has 0 fully saturated rings. The second-order valence-electron chi connectivity index (χ2n) is 5.73. The highest BCUT2D eigenvalue weighted by Crippen LogP contribution is 2.26. The van der Waals surface area contributed by atoms with Crippen LogP contribution in [0.5, 0.6) is 0 Å². The SMILES string of the molecule is CCC(C)(C)CNS(=O)(=O)c1cc(Br)c(C)c(C(=O)O)c1. The third kappa shape index (κ3) is 4.52. The number of nitrogens with one attached hydrogen (secondary N) is 1. The number of benzene rings is 1. The molecule has 118 valence electrons. The van der Waals surface area contributed by atoms with Gasteiger partial charge in [0.05, 0.1) is 10.5 Å². The summed E-state index contributed by atoms with van der Waals surface area (Å²) in [6.07, 6.45) is 0.827. The van der Waals surface area contributed by atoms with E-state index in [0.717, 1.165) is 6.42 Å². The van der Waals surface area contributed by atoms with E-state index in [0.29, 0.717) is 16.6 Å². The maximum Gasteiger partial charge on any atom is 0.336 e. The van der Waals surface area contributed by atoms with Gasteiger partial charge in [0.15, 0.2) is 0 Å². The summed E-state index contributed by atoms with van der Waals surface area (Å²) in [7, 11) is -3.74. The van der Waals surface area contributed by atoms with Crippen LogP contribution in [0.2, 0.25) is 0 Å². The van der Waals surface area contributed by atoms with Gasteiger partial charge in [0.1, 0.15) is 0 Å². The molecule has 0 unspecified atom stereocenters. The van der Waals surface area contributed by atoms with E-state index in [-0.39, 0.29) is 15.9 Å². The quantitative estimate of drug-likeness (QED) is 0.797. The highest BCUT2D eigenvalue weighted by atomic mass is 79.9. The molecule has 0 radical (unpaired) electrons. The molecule has 1 rings (SSSR count). The molecule has 0 aliphatic heterocycles. The lowest BCUT2D eigenvalue weighted by atomic mass is 9.91. The van der Waals surface area contributed by atoms with Crippen LogP contribution in [-0.4, -0.2) is 26.0 Å². The fourth-order valence-electron chi connectivity index (χ4n) is 1.53. The first kappa shape index (κ1) is 18.1. The second-order valence-corrected chi connectivity index (χ2v) is 8.35. The molecule has 1 aromatic carbocycles. The summed E-state index contributed by atoms with van der Waals surface area (Å²) in [5.74, 6) is -1.15. The predicted octanol–water partition coefficient (Wildman–Crippen LogP) is 3.17. The summed E-state index contributed by atoms with van der Waals surface area (Å²) >= 11 is 3.21. The molecule has 0 aliphatic rings. The third-order valence-electron chi connectivity index (χ3n) is 3.56. The first-order valence-corrected chi connectivity index (χ1v) is 8.81. The van der Waals surface area contributed by atoms with Crippen molar-refractivity contribution in [1.29, 1.82) is 0 Å². The highest BCUT2D eigenvalue weighted by molar-refractivity contribution is 9.10. The molecule has 0 bridgehead atoms. The van der Waals surface area contributed by atoms with Crippen LogP contribution in [0, 0.1) is 12.3 Å². The van der Waals surface area contributed by atoms with Crippen LogP contribution in [0.25, 0.3) is 0 Å². The summed E-state index contributed by atoms with van der Waals surface area (Å²) in [5, 5.41) is 9.14. The molecule has 0 spiro atoms. The van der Waals surface area contributed by atoms with Gasteiger partial charge in [-0.25, -0.2) is 17.9 Å². The summed E-state index contributed by atoms with van der Waals surface area (Å²) in [6.45, 7) is 7.82. The Balaban J connectivity index is 3.18. The Morgan fingerprint density at radius 1 is 1.38 bits per heavy atom. The Labute approximate surface area is 133 Å². The fraction of sp³-hybridized carbons (Fsp3) is 0.500. The molecule has 0 atom stereocenters. The van der Waals surface area contributed by atoms with E-state index in [1.165, 1.54) is 12.1 Å². The number of sulfonamides is 1. The Morgan fingerprint density at radius 2 is 1.95 bits per heavy atom. The van der Waals surface area contributed by atoms with Gasteiger partial charge in [-0.1, -0.05) is 36.7 Å². The average molecular weight is 378 g/mol. The molecule has 7 heteroatoms. The van der Waals surface area contributed by atoms with E-state index >= 15 is 0 Å². The molecular weight excluding hydrogens is 358 g/mol. The van der Waals surface area contributed by atoms with Gasteiger partial charge in [-0.15, -0.1) is 0 Å². The van der Waals surface area contributed by atoms with Crippen molar-refractivity contribution in [3.05, 3.63) is 27.7 Å². The van der Waals surface area contributed by atoms with Crippen molar-refractivity contribution in [2.24, 2.45) is 5.41 Å². The number of rotatable bonds is 6. The van der Waals surface area contributed by atoms with Gasteiger partial charge in [0.25, 0.3) is 0 Å². The molecule has 0 saturated carbocycles. The molecule has 0 amide bonds. The lowest BCUT2D eigenvalue weighted by Crippen LogP contribution is -2.33. The van der Waals surface area contributed by atoms with E-state index in [9.17, 15) is 13.2 Å². The molecule has 21 heavy (non-hydrogen) atoms. The zero-order valence-corrected chi connectivity index (χ0v) is 14.9. The molecule has 0 aliphatic carbocycles. The van der Waals surface area contributed by atoms with Gasteiger partial charge < -0.3 is 5.11 Å². The average Bonchev–Trinajstić information content (AvgIpc) is 2.39. The van der Waals surface area contributed by atoms with Gasteiger partial charge >= 0.3 is 5.97 Å². The van der Waals surface area contributed by atoms with Crippen LogP contribution in [0.4, 0.5) is 0 Å². The maximum absolute atomic E-state index is 12.3. The van der Waals surface area contributed by atoms with Crippen LogP contribution >= 0.6 is 15.9 Å². The van der Waals surface area contributed by atoms with Crippen LogP contribution in [0.15, 0.2) is 21.5 Å². The zero-order valence-electron chi connectivity index (χ0n) is 12.5. The number of hydrogen-bond acceptors (Lipinski definition) is 3. The number of halogens is 1. The predicted molar refractivity (Wildman–Crippen MR) is 85.1 cm³/mol. The minimum Gasteiger partial charge on any atom is -0.478 e. The van der Waals surface area contributed by atoms with E-state index < -0.39 is 16.0 Å². The minimum absolute atomic E-state index is 0.0282. The maximum atomic E-state index is 12.3. The largest absolute Gasteiger partial charge is 0.478 e. The summed E-state index contributed by atoms with van der Waals surface area (Å²) in [4.78, 5) is 11.1. The minimum atomic E-state index is -3.74. The van der Waals surface area contributed by atoms with Crippen molar-refractivity contribution in [2.45, 2.75) is 39.0 Å². The Morgan fingerprint density at radius 3 is 2.43 bits per heavy atom. The molecule has 0 heterocycles. The molecule has 1 aromatic rings. The van der Waals surface area contributed by atoms with Crippen LogP contribution in [0.1, 0.15) is 43.1 Å². The van der Waals surface area contributed by atoms with E-state index in [1.54, 1.807) is 6.92 Å². The van der Waals surface area contributed by atoms with Crippen molar-refractivity contribution in [1.82, 2.24) is 4.72 Å². The summed E-state index contributed by atoms with van der Waals surface area (Å²) in [5.41, 5.74) is 0.305. The van der Waals surface area contributed by atoms with Gasteiger partial charge in [-0.05, 0) is 36.5 Å². The van der Waals surface area contributed by atoms with Gasteiger partial charge in [-0.3, -0.25) is 0 Å². The number of carbonyl (C=O) groups is 1. The van der Waals surface area contributed by atoms with E-state index in [2.05, 4.69) is 20.7 Å². The highest BCUT2D eigenvalue weighted by Gasteiger charge is 2.23. The number of carboxylic acids is 1. The molecule has 0 saturated heterocycles. The second kappa shape index (κ2) is 6.46. The fourth-order valence-corrected chi connectivity index (χ4v) is 3.44. The van der Waals surface area contributed by atoms with Gasteiger partial charge in [-0.2, -0.15) is 0 Å². The van der Waals surface area contributed by atoms with E-state index in [4.69, 9.17) is 5.11 Å². The van der Waals surface area contributed by atoms with Crippen LogP contribution in [0.3, 0.4) is 0 Å². The monoisotopic (exact) mass is 377 g/mol. The first-order chi connectivity index (χ1) is 9.50. The van der Waals surface area contributed by atoms with Crippen LogP contribution in [-0.2, 0) is 10.0 Å². The first-order valence-electron chi connectivity index (χ1n) is 6.53. The third-order valence-corrected chi connectivity index (χ3v) is 5.76. The normalized spacial score (nSPS) is 12.4. The zero-order chi connectivity index (χ0) is 16.4. The van der Waals surface area contributed by atoms with Crippen molar-refractivity contribution in [3.8, 4) is 0 Å². The van der Waals surface area contributed by atoms with E-state index in [1.807, 2.05) is 20.8 Å². The number of carboxylic acid groups (broad SMARTS) is 1. The topological polar surface area (TPSA) is 83.5 Å². The molecule has 0 aromatic heterocycles. The smallest absolute Gasteiger partial charge is 0.336 e. The van der Waals surface area contributed by atoms with Crippen molar-refractivity contribution < 1.29 is 18.3 Å². The number of hydrogen-bond donors (Lipinski definition) is 2. The van der Waals surface area contributed by atoms with Crippen molar-refractivity contribution >= 4 is 31.9 Å². The molecular formula is C14H20BrNO4S. The van der Waals surface area contributed by atoms with Gasteiger partial charge in [0.2, 0.25) is 10.0 Å². The summed E-state index contributed by atoms with van der Waals surface area (Å²) < 4.78 is 27.6. The Bertz CT molecular complexity index is 653. The Kier molecular flexibility index (Phi) is 5.57. The van der Waals surface area contributed by atoms with Crippen LogP contribution < -0.4 is 4.72 Å². The van der Waals surface area contributed by atoms with Crippen molar-refractivity contribution in [2.75, 3.05) is 6.54 Å². The Hall–Kier alpha value is -0.920. The van der Waals surface area contributed by atoms with Crippen molar-refractivity contribution in [3.63, 3.8) is 0 Å². The standard InChI is InChI=1S/C14H20BrNO4S/c1-5-14(3,4)8-16-21(19,20)10-6-11(13(17)18)9(2)12(15)7-10/h6-7,16H,5,8H2,1-4H3,(H,17,18). The lowest BCUT2D eigenvalue weighted by Gasteiger charge is -2.23.